The molecule has 2 N–H and O–H groups in total. The molecule has 3 nitrogen and oxygen atoms in total. The van der Waals surface area contributed by atoms with Gasteiger partial charge in [0.25, 0.3) is 0 Å². The molecule has 0 spiro atoms. The Labute approximate surface area is 116 Å². The van der Waals surface area contributed by atoms with E-state index in [0.29, 0.717) is 19.2 Å². The number of nitrogens with two attached hydrogens (primary N) is 1. The molecule has 19 heavy (non-hydrogen) atoms. The predicted molar refractivity (Wildman–Crippen MR) is 79.0 cm³/mol. The smallest absolute Gasteiger partial charge is 0.0716 e. The van der Waals surface area contributed by atoms with E-state index >= 15 is 0 Å². The van der Waals surface area contributed by atoms with Gasteiger partial charge in [-0.15, -0.1) is 0 Å². The van der Waals surface area contributed by atoms with Gasteiger partial charge >= 0.3 is 0 Å². The minimum Gasteiger partial charge on any atom is -0.380 e. The average Bonchev–Trinajstić information content (AvgIpc) is 3.25. The van der Waals surface area contributed by atoms with Crippen molar-refractivity contribution in [3.63, 3.8) is 0 Å². The number of hydrogen-bond donors (Lipinski definition) is 1. The Kier molecular flexibility index (Phi) is 5.37. The fourth-order valence-corrected chi connectivity index (χ4v) is 2.84. The third-order valence-corrected chi connectivity index (χ3v) is 3.84. The zero-order valence-corrected chi connectivity index (χ0v) is 12.1. The minimum atomic E-state index is 0.332. The van der Waals surface area contributed by atoms with Crippen molar-refractivity contribution < 1.29 is 4.74 Å². The van der Waals surface area contributed by atoms with E-state index in [0.717, 1.165) is 12.6 Å². The third-order valence-electron chi connectivity index (χ3n) is 3.84. The van der Waals surface area contributed by atoms with Crippen molar-refractivity contribution >= 4 is 0 Å². The van der Waals surface area contributed by atoms with Crippen molar-refractivity contribution in [1.82, 2.24) is 4.90 Å². The van der Waals surface area contributed by atoms with Gasteiger partial charge in [0.15, 0.2) is 0 Å². The molecule has 1 fully saturated rings. The fraction of sp³-hybridized carbons (Fsp3) is 0.625. The largest absolute Gasteiger partial charge is 0.380 e. The van der Waals surface area contributed by atoms with Crippen LogP contribution in [0.5, 0.6) is 0 Å². The molecule has 1 aromatic rings. The van der Waals surface area contributed by atoms with E-state index in [2.05, 4.69) is 36.1 Å². The lowest BCUT2D eigenvalue weighted by Crippen LogP contribution is -2.36. The zero-order chi connectivity index (χ0) is 13.7. The average molecular weight is 262 g/mol. The van der Waals surface area contributed by atoms with Crippen LogP contribution in [0, 0.1) is 0 Å². The zero-order valence-electron chi connectivity index (χ0n) is 12.1. The molecular weight excluding hydrogens is 236 g/mol. The molecule has 1 aliphatic rings. The van der Waals surface area contributed by atoms with E-state index < -0.39 is 0 Å². The van der Waals surface area contributed by atoms with Crippen molar-refractivity contribution in [3.8, 4) is 0 Å². The highest BCUT2D eigenvalue weighted by Gasteiger charge is 2.34. The summed E-state index contributed by atoms with van der Waals surface area (Å²) in [6, 6.07) is 9.61. The van der Waals surface area contributed by atoms with Crippen molar-refractivity contribution in [2.45, 2.75) is 44.9 Å². The second-order valence-corrected chi connectivity index (χ2v) is 5.35. The second kappa shape index (κ2) is 7.04. The molecular formula is C16H26N2O. The van der Waals surface area contributed by atoms with E-state index in [9.17, 15) is 0 Å². The summed E-state index contributed by atoms with van der Waals surface area (Å²) < 4.78 is 5.32. The molecule has 0 heterocycles. The highest BCUT2D eigenvalue weighted by Crippen LogP contribution is 2.35. The second-order valence-electron chi connectivity index (χ2n) is 5.35. The molecule has 0 aliphatic heterocycles. The van der Waals surface area contributed by atoms with Crippen molar-refractivity contribution in [3.05, 3.63) is 35.4 Å². The van der Waals surface area contributed by atoms with Crippen LogP contribution < -0.4 is 5.73 Å². The predicted octanol–water partition coefficient (Wildman–Crippen LogP) is 2.71. The van der Waals surface area contributed by atoms with Gasteiger partial charge in [-0.3, -0.25) is 4.90 Å². The van der Waals surface area contributed by atoms with Crippen LogP contribution in [0.1, 0.15) is 43.4 Å². The Morgan fingerprint density at radius 1 is 1.37 bits per heavy atom. The van der Waals surface area contributed by atoms with Crippen LogP contribution in [0.2, 0.25) is 0 Å². The van der Waals surface area contributed by atoms with E-state index in [1.54, 1.807) is 7.11 Å². The summed E-state index contributed by atoms with van der Waals surface area (Å²) in [7, 11) is 1.75. The Morgan fingerprint density at radius 3 is 2.68 bits per heavy atom. The number of hydrogen-bond acceptors (Lipinski definition) is 3. The molecule has 0 bridgehead atoms. The molecule has 1 aromatic carbocycles. The first kappa shape index (κ1) is 14.5. The first-order valence-corrected chi connectivity index (χ1v) is 7.34. The molecule has 1 atom stereocenters. The Balaban J connectivity index is 2.24. The number of nitrogens with zero attached hydrogens (tertiary/aromatic N) is 1. The van der Waals surface area contributed by atoms with Crippen LogP contribution in [-0.2, 0) is 11.3 Å². The number of methoxy groups -OCH3 is 1. The summed E-state index contributed by atoms with van der Waals surface area (Å²) in [5.74, 6) is 0. The lowest BCUT2D eigenvalue weighted by atomic mass is 9.99. The van der Waals surface area contributed by atoms with Crippen LogP contribution in [-0.4, -0.2) is 31.1 Å². The Morgan fingerprint density at radius 2 is 2.11 bits per heavy atom. The number of rotatable bonds is 8. The summed E-state index contributed by atoms with van der Waals surface area (Å²) in [4.78, 5) is 2.59. The molecule has 2 rings (SSSR count). The first-order chi connectivity index (χ1) is 9.31. The lowest BCUT2D eigenvalue weighted by Gasteiger charge is -2.32. The van der Waals surface area contributed by atoms with Gasteiger partial charge in [-0.25, -0.2) is 0 Å². The molecule has 0 amide bonds. The van der Waals surface area contributed by atoms with Crippen LogP contribution in [0.4, 0.5) is 0 Å². The van der Waals surface area contributed by atoms with Crippen LogP contribution in [0.3, 0.4) is 0 Å². The van der Waals surface area contributed by atoms with E-state index in [-0.39, 0.29) is 0 Å². The van der Waals surface area contributed by atoms with Gasteiger partial charge in [-0.05, 0) is 36.9 Å². The van der Waals surface area contributed by atoms with Crippen LogP contribution >= 0.6 is 0 Å². The van der Waals surface area contributed by atoms with Gasteiger partial charge in [0.1, 0.15) is 0 Å². The van der Waals surface area contributed by atoms with Crippen LogP contribution in [0.25, 0.3) is 0 Å². The Bertz CT molecular complexity index is 390. The monoisotopic (exact) mass is 262 g/mol. The summed E-state index contributed by atoms with van der Waals surface area (Å²) in [6.45, 7) is 4.71. The first-order valence-electron chi connectivity index (χ1n) is 7.34. The SMILES string of the molecule is CCCN(C1CC1)C(CN)c1ccccc1COC. The Hall–Kier alpha value is -0.900. The fourth-order valence-electron chi connectivity index (χ4n) is 2.84. The van der Waals surface area contributed by atoms with Gasteiger partial charge in [-0.1, -0.05) is 31.2 Å². The van der Waals surface area contributed by atoms with Gasteiger partial charge in [0, 0.05) is 25.7 Å². The standard InChI is InChI=1S/C16H26N2O/c1-3-10-18(14-8-9-14)16(11-17)15-7-5-4-6-13(15)12-19-2/h4-7,14,16H,3,8-12,17H2,1-2H3. The molecule has 0 aromatic heterocycles. The van der Waals surface area contributed by atoms with E-state index in [4.69, 9.17) is 10.5 Å². The van der Waals surface area contributed by atoms with E-state index in [1.807, 2.05) is 0 Å². The summed E-state index contributed by atoms with van der Waals surface area (Å²) >= 11 is 0. The van der Waals surface area contributed by atoms with Gasteiger partial charge in [0.2, 0.25) is 0 Å². The summed E-state index contributed by atoms with van der Waals surface area (Å²) in [5.41, 5.74) is 8.69. The molecule has 0 radical (unpaired) electrons. The molecule has 1 unspecified atom stereocenters. The maximum Gasteiger partial charge on any atom is 0.0716 e. The summed E-state index contributed by atoms with van der Waals surface area (Å²) in [6.07, 6.45) is 3.82. The highest BCUT2D eigenvalue weighted by atomic mass is 16.5. The summed E-state index contributed by atoms with van der Waals surface area (Å²) in [5, 5.41) is 0. The normalized spacial score (nSPS) is 16.8. The molecule has 1 aliphatic carbocycles. The van der Waals surface area contributed by atoms with Gasteiger partial charge in [0.05, 0.1) is 6.61 Å². The molecule has 3 heteroatoms. The number of ether oxygens (including phenoxy) is 1. The molecule has 0 saturated heterocycles. The minimum absolute atomic E-state index is 0.332. The quantitative estimate of drug-likeness (QED) is 0.783. The third kappa shape index (κ3) is 3.56. The topological polar surface area (TPSA) is 38.5 Å². The van der Waals surface area contributed by atoms with Crippen molar-refractivity contribution in [2.75, 3.05) is 20.2 Å². The lowest BCUT2D eigenvalue weighted by molar-refractivity contribution is 0.171. The van der Waals surface area contributed by atoms with Crippen molar-refractivity contribution in [2.24, 2.45) is 5.73 Å². The van der Waals surface area contributed by atoms with Crippen LogP contribution in [0.15, 0.2) is 24.3 Å². The van der Waals surface area contributed by atoms with Gasteiger partial charge < -0.3 is 10.5 Å². The van der Waals surface area contributed by atoms with Crippen molar-refractivity contribution in [1.29, 1.82) is 0 Å². The maximum absolute atomic E-state index is 6.08. The van der Waals surface area contributed by atoms with E-state index in [1.165, 1.54) is 30.4 Å². The molecule has 1 saturated carbocycles. The highest BCUT2D eigenvalue weighted by molar-refractivity contribution is 5.30. The number of benzene rings is 1. The molecule has 106 valence electrons. The van der Waals surface area contributed by atoms with Gasteiger partial charge in [-0.2, -0.15) is 0 Å². The maximum atomic E-state index is 6.08.